The predicted molar refractivity (Wildman–Crippen MR) is 76.8 cm³/mol. The van der Waals surface area contributed by atoms with Crippen LogP contribution in [-0.2, 0) is 4.79 Å². The molecule has 116 valence electrons. The Morgan fingerprint density at radius 3 is 2.62 bits per heavy atom. The van der Waals surface area contributed by atoms with Crippen molar-refractivity contribution in [1.29, 1.82) is 0 Å². The molecular formula is C14H19FN2O4. The van der Waals surface area contributed by atoms with Crippen LogP contribution in [0.2, 0.25) is 0 Å². The third-order valence-corrected chi connectivity index (χ3v) is 3.30. The maximum absolute atomic E-state index is 13.6. The molecule has 0 radical (unpaired) electrons. The van der Waals surface area contributed by atoms with E-state index in [0.717, 1.165) is 6.07 Å². The van der Waals surface area contributed by atoms with Gasteiger partial charge in [0.2, 0.25) is 0 Å². The number of rotatable bonds is 8. The van der Waals surface area contributed by atoms with E-state index in [0.29, 0.717) is 19.4 Å². The lowest BCUT2D eigenvalue weighted by Crippen LogP contribution is -2.18. The molecule has 0 amide bonds. The first kappa shape index (κ1) is 16.9. The van der Waals surface area contributed by atoms with Crippen molar-refractivity contribution in [1.82, 2.24) is 0 Å². The van der Waals surface area contributed by atoms with Crippen LogP contribution in [0.15, 0.2) is 18.2 Å². The molecule has 0 spiro atoms. The number of nitrogens with one attached hydrogen (secondary N) is 1. The van der Waals surface area contributed by atoms with Crippen LogP contribution < -0.4 is 5.32 Å². The normalized spacial score (nSPS) is 11.2. The number of aliphatic carboxylic acids is 1. The minimum Gasteiger partial charge on any atom is -0.481 e. The Morgan fingerprint density at radius 2 is 2.10 bits per heavy atom. The van der Waals surface area contributed by atoms with Crippen LogP contribution in [0.1, 0.15) is 33.1 Å². The van der Waals surface area contributed by atoms with Gasteiger partial charge < -0.3 is 10.4 Å². The van der Waals surface area contributed by atoms with E-state index >= 15 is 0 Å². The molecule has 0 aliphatic heterocycles. The van der Waals surface area contributed by atoms with Crippen LogP contribution in [0.25, 0.3) is 0 Å². The fraction of sp³-hybridized carbons (Fsp3) is 0.500. The van der Waals surface area contributed by atoms with Crippen molar-refractivity contribution in [2.24, 2.45) is 5.41 Å². The number of carboxylic acid groups (broad SMARTS) is 1. The van der Waals surface area contributed by atoms with Crippen molar-refractivity contribution >= 4 is 17.3 Å². The summed E-state index contributed by atoms with van der Waals surface area (Å²) in [4.78, 5) is 20.4. The molecule has 0 saturated carbocycles. The van der Waals surface area contributed by atoms with Crippen molar-refractivity contribution < 1.29 is 19.2 Å². The van der Waals surface area contributed by atoms with E-state index in [-0.39, 0.29) is 23.2 Å². The minimum atomic E-state index is -0.836. The summed E-state index contributed by atoms with van der Waals surface area (Å²) >= 11 is 0. The molecule has 0 fully saturated rings. The summed E-state index contributed by atoms with van der Waals surface area (Å²) in [6.45, 7) is 4.36. The molecule has 6 nitrogen and oxygen atoms in total. The number of nitrogens with zero attached hydrogens (tertiary/aromatic N) is 1. The first-order chi connectivity index (χ1) is 9.71. The molecule has 1 aromatic rings. The Morgan fingerprint density at radius 1 is 1.43 bits per heavy atom. The molecule has 0 bridgehead atoms. The van der Waals surface area contributed by atoms with Gasteiger partial charge in [0.1, 0.15) is 0 Å². The van der Waals surface area contributed by atoms with Gasteiger partial charge in [-0.2, -0.15) is 0 Å². The molecule has 0 heterocycles. The second-order valence-electron chi connectivity index (χ2n) is 5.66. The number of nitro groups is 1. The van der Waals surface area contributed by atoms with Gasteiger partial charge in [-0.15, -0.1) is 0 Å². The second kappa shape index (κ2) is 7.01. The summed E-state index contributed by atoms with van der Waals surface area (Å²) in [6.07, 6.45) is 1.29. The number of hydrogen-bond acceptors (Lipinski definition) is 4. The van der Waals surface area contributed by atoms with E-state index < -0.39 is 16.7 Å². The molecule has 2 N–H and O–H groups in total. The molecule has 1 aromatic carbocycles. The summed E-state index contributed by atoms with van der Waals surface area (Å²) in [5.41, 5.74) is -0.266. The van der Waals surface area contributed by atoms with E-state index in [4.69, 9.17) is 5.11 Å². The van der Waals surface area contributed by atoms with Gasteiger partial charge in [0, 0.05) is 19.0 Å². The second-order valence-corrected chi connectivity index (χ2v) is 5.66. The molecule has 0 atom stereocenters. The maximum atomic E-state index is 13.6. The number of benzene rings is 1. The average molecular weight is 298 g/mol. The zero-order valence-corrected chi connectivity index (χ0v) is 12.1. The molecule has 7 heteroatoms. The highest BCUT2D eigenvalue weighted by atomic mass is 19.1. The molecule has 0 aliphatic carbocycles. The number of carboxylic acids is 1. The minimum absolute atomic E-state index is 0.0961. The zero-order chi connectivity index (χ0) is 16.0. The first-order valence-electron chi connectivity index (χ1n) is 6.61. The van der Waals surface area contributed by atoms with Gasteiger partial charge in [-0.3, -0.25) is 14.9 Å². The summed E-state index contributed by atoms with van der Waals surface area (Å²) in [5, 5.41) is 22.1. The van der Waals surface area contributed by atoms with Crippen LogP contribution in [0.3, 0.4) is 0 Å². The van der Waals surface area contributed by atoms with Crippen molar-refractivity contribution in [2.45, 2.75) is 33.1 Å². The lowest BCUT2D eigenvalue weighted by atomic mass is 9.84. The smallest absolute Gasteiger partial charge is 0.303 e. The Balaban J connectivity index is 2.52. The Kier molecular flexibility index (Phi) is 5.63. The Labute approximate surface area is 122 Å². The summed E-state index contributed by atoms with van der Waals surface area (Å²) < 4.78 is 13.6. The molecule has 0 aromatic heterocycles. The van der Waals surface area contributed by atoms with E-state index in [1.807, 2.05) is 13.8 Å². The third kappa shape index (κ3) is 5.76. The average Bonchev–Trinajstić information content (AvgIpc) is 2.38. The van der Waals surface area contributed by atoms with Crippen LogP contribution in [-0.4, -0.2) is 22.5 Å². The van der Waals surface area contributed by atoms with E-state index in [1.54, 1.807) is 0 Å². The summed E-state index contributed by atoms with van der Waals surface area (Å²) in [7, 11) is 0. The van der Waals surface area contributed by atoms with Crippen molar-refractivity contribution in [3.8, 4) is 0 Å². The largest absolute Gasteiger partial charge is 0.481 e. The third-order valence-electron chi connectivity index (χ3n) is 3.30. The maximum Gasteiger partial charge on any atom is 0.303 e. The number of hydrogen-bond donors (Lipinski definition) is 2. The molecule has 21 heavy (non-hydrogen) atoms. The summed E-state index contributed by atoms with van der Waals surface area (Å²) in [6, 6.07) is 3.44. The molecule has 0 unspecified atom stereocenters. The molecular weight excluding hydrogens is 279 g/mol. The SMILES string of the molecule is CC(C)(CCNc1ccc([N+](=O)[O-])cc1F)CCC(=O)O. The standard InChI is InChI=1S/C14H19FN2O4/c1-14(2,6-5-13(18)19)7-8-16-12-4-3-10(17(20)21)9-11(12)15/h3-4,9,16H,5-8H2,1-2H3,(H,18,19). The van der Waals surface area contributed by atoms with Gasteiger partial charge in [-0.05, 0) is 24.3 Å². The van der Waals surface area contributed by atoms with Crippen molar-refractivity contribution in [2.75, 3.05) is 11.9 Å². The van der Waals surface area contributed by atoms with Gasteiger partial charge in [0.25, 0.3) is 5.69 Å². The number of halogens is 1. The van der Waals surface area contributed by atoms with Crippen LogP contribution in [0.5, 0.6) is 0 Å². The van der Waals surface area contributed by atoms with Gasteiger partial charge in [-0.1, -0.05) is 13.8 Å². The fourth-order valence-electron chi connectivity index (χ4n) is 1.87. The van der Waals surface area contributed by atoms with Crippen LogP contribution in [0, 0.1) is 21.3 Å². The zero-order valence-electron chi connectivity index (χ0n) is 12.1. The van der Waals surface area contributed by atoms with E-state index in [9.17, 15) is 19.3 Å². The highest BCUT2D eigenvalue weighted by molar-refractivity contribution is 5.66. The van der Waals surface area contributed by atoms with E-state index in [1.165, 1.54) is 12.1 Å². The fourth-order valence-corrected chi connectivity index (χ4v) is 1.87. The lowest BCUT2D eigenvalue weighted by molar-refractivity contribution is -0.385. The lowest BCUT2D eigenvalue weighted by Gasteiger charge is -2.24. The number of carbonyl (C=O) groups is 1. The number of nitro benzene ring substituents is 1. The van der Waals surface area contributed by atoms with Crippen LogP contribution in [0.4, 0.5) is 15.8 Å². The van der Waals surface area contributed by atoms with Gasteiger partial charge >= 0.3 is 5.97 Å². The Hall–Kier alpha value is -2.18. The van der Waals surface area contributed by atoms with Crippen molar-refractivity contribution in [3.05, 3.63) is 34.1 Å². The number of non-ortho nitro benzene ring substituents is 1. The topological polar surface area (TPSA) is 92.5 Å². The predicted octanol–water partition coefficient (Wildman–Crippen LogP) is 3.43. The Bertz CT molecular complexity index is 532. The molecule has 1 rings (SSSR count). The van der Waals surface area contributed by atoms with Crippen LogP contribution >= 0.6 is 0 Å². The number of anilines is 1. The highest BCUT2D eigenvalue weighted by Gasteiger charge is 2.19. The first-order valence-corrected chi connectivity index (χ1v) is 6.61. The monoisotopic (exact) mass is 298 g/mol. The van der Waals surface area contributed by atoms with E-state index in [2.05, 4.69) is 5.32 Å². The van der Waals surface area contributed by atoms with Gasteiger partial charge in [0.05, 0.1) is 16.7 Å². The van der Waals surface area contributed by atoms with Crippen molar-refractivity contribution in [3.63, 3.8) is 0 Å². The molecule has 0 aliphatic rings. The molecule has 0 saturated heterocycles. The van der Waals surface area contributed by atoms with Gasteiger partial charge in [0.15, 0.2) is 5.82 Å². The quantitative estimate of drug-likeness (QED) is 0.566. The van der Waals surface area contributed by atoms with Gasteiger partial charge in [-0.25, -0.2) is 4.39 Å². The summed E-state index contributed by atoms with van der Waals surface area (Å²) in [5.74, 6) is -1.51. The highest BCUT2D eigenvalue weighted by Crippen LogP contribution is 2.27.